The number of pyridine rings is 2. The Morgan fingerprint density at radius 3 is 2.82 bits per heavy atom. The van der Waals surface area contributed by atoms with Crippen molar-refractivity contribution in [3.05, 3.63) is 83.1 Å². The molecule has 0 saturated heterocycles. The number of nitrogens with zero attached hydrogens (tertiary/aromatic N) is 2. The Morgan fingerprint density at radius 1 is 1.05 bits per heavy atom. The zero-order chi connectivity index (χ0) is 14.9. The second-order valence-corrected chi connectivity index (χ2v) is 5.30. The Morgan fingerprint density at radius 2 is 1.91 bits per heavy atom. The minimum atomic E-state index is -0.456. The second kappa shape index (κ2) is 5.22. The molecule has 108 valence electrons. The number of para-hydroxylation sites is 1. The van der Waals surface area contributed by atoms with E-state index in [1.54, 1.807) is 6.20 Å². The zero-order valence-electron chi connectivity index (χ0n) is 11.8. The lowest BCUT2D eigenvalue weighted by Crippen LogP contribution is -2.08. The van der Waals surface area contributed by atoms with Crippen molar-refractivity contribution in [3.8, 4) is 11.6 Å². The van der Waals surface area contributed by atoms with Crippen LogP contribution in [0.5, 0.6) is 11.6 Å². The smallest absolute Gasteiger partial charge is 0.223 e. The second-order valence-electron chi connectivity index (χ2n) is 5.30. The van der Waals surface area contributed by atoms with Gasteiger partial charge in [0.1, 0.15) is 5.75 Å². The Balaban J connectivity index is 1.72. The van der Waals surface area contributed by atoms with Gasteiger partial charge in [-0.05, 0) is 47.4 Å². The van der Waals surface area contributed by atoms with Crippen LogP contribution in [0.1, 0.15) is 22.3 Å². The minimum Gasteiger partial charge on any atom is -0.438 e. The Kier molecular flexibility index (Phi) is 3.07. The molecule has 2 aromatic heterocycles. The molecular weight excluding hydrogens is 279 g/mol. The molecule has 1 aliphatic heterocycles. The molecule has 22 heavy (non-hydrogen) atoms. The summed E-state index contributed by atoms with van der Waals surface area (Å²) in [7, 11) is 0. The molecule has 0 N–H and O–H groups in total. The first kappa shape index (κ1) is 13.0. The average molecular weight is 292 g/mol. The van der Waals surface area contributed by atoms with E-state index in [2.05, 4.69) is 16.0 Å². The van der Waals surface area contributed by atoms with E-state index in [9.17, 15) is 4.39 Å². The zero-order valence-corrected chi connectivity index (χ0v) is 11.8. The molecule has 0 amide bonds. The lowest BCUT2D eigenvalue weighted by molar-refractivity contribution is 0.439. The third kappa shape index (κ3) is 2.33. The maximum absolute atomic E-state index is 13.3. The highest BCUT2D eigenvalue weighted by Gasteiger charge is 2.20. The number of hydrogen-bond donors (Lipinski definition) is 0. The van der Waals surface area contributed by atoms with E-state index in [-0.39, 0.29) is 0 Å². The fourth-order valence-corrected chi connectivity index (χ4v) is 2.77. The predicted octanol–water partition coefficient (Wildman–Crippen LogP) is 3.90. The maximum atomic E-state index is 13.3. The molecule has 0 atom stereocenters. The molecule has 0 spiro atoms. The quantitative estimate of drug-likeness (QED) is 0.525. The van der Waals surface area contributed by atoms with Gasteiger partial charge < -0.3 is 4.74 Å². The van der Waals surface area contributed by atoms with E-state index >= 15 is 0 Å². The van der Waals surface area contributed by atoms with Gasteiger partial charge in [0.15, 0.2) is 0 Å². The number of halogens is 1. The van der Waals surface area contributed by atoms with E-state index in [0.29, 0.717) is 12.3 Å². The Labute approximate surface area is 127 Å². The van der Waals surface area contributed by atoms with Gasteiger partial charge >= 0.3 is 0 Å². The first-order chi connectivity index (χ1) is 10.8. The number of fused-ring (bicyclic) bond motifs is 2. The van der Waals surface area contributed by atoms with Gasteiger partial charge in [0.2, 0.25) is 11.8 Å². The summed E-state index contributed by atoms with van der Waals surface area (Å²) in [6.07, 6.45) is 4.64. The molecule has 0 unspecified atom stereocenters. The van der Waals surface area contributed by atoms with Crippen molar-refractivity contribution in [1.29, 1.82) is 0 Å². The third-order valence-corrected chi connectivity index (χ3v) is 3.85. The summed E-state index contributed by atoms with van der Waals surface area (Å²) < 4.78 is 19.1. The molecule has 0 aliphatic carbocycles. The van der Waals surface area contributed by atoms with Gasteiger partial charge in [0, 0.05) is 24.4 Å². The van der Waals surface area contributed by atoms with Gasteiger partial charge in [-0.3, -0.25) is 0 Å². The molecule has 1 aliphatic rings. The van der Waals surface area contributed by atoms with Crippen molar-refractivity contribution in [2.75, 3.05) is 0 Å². The largest absolute Gasteiger partial charge is 0.438 e. The number of aromatic nitrogens is 2. The van der Waals surface area contributed by atoms with E-state index in [1.807, 2.05) is 30.3 Å². The van der Waals surface area contributed by atoms with Crippen LogP contribution in [0.2, 0.25) is 0 Å². The first-order valence-electron chi connectivity index (χ1n) is 7.12. The molecule has 1 aromatic carbocycles. The number of ether oxygens (including phenoxy) is 1. The van der Waals surface area contributed by atoms with Crippen LogP contribution in [0, 0.1) is 5.95 Å². The first-order valence-corrected chi connectivity index (χ1v) is 7.12. The molecule has 0 bridgehead atoms. The lowest BCUT2D eigenvalue weighted by Gasteiger charge is -2.21. The molecular formula is C18H13FN2O. The van der Waals surface area contributed by atoms with Gasteiger partial charge in [-0.2, -0.15) is 4.39 Å². The fraction of sp³-hybridized carbons (Fsp3) is 0.111. The Hall–Kier alpha value is -2.75. The van der Waals surface area contributed by atoms with Crippen LogP contribution in [0.15, 0.2) is 54.9 Å². The monoisotopic (exact) mass is 292 g/mol. The van der Waals surface area contributed by atoms with Gasteiger partial charge in [0.05, 0.1) is 0 Å². The summed E-state index contributed by atoms with van der Waals surface area (Å²) in [5.41, 5.74) is 4.20. The van der Waals surface area contributed by atoms with Crippen molar-refractivity contribution < 1.29 is 9.13 Å². The molecule has 3 heterocycles. The SMILES string of the molecule is Fc1cc(Cc2ccnc3c2Cc2ccccc2O3)ccn1. The van der Waals surface area contributed by atoms with Crippen molar-refractivity contribution in [2.45, 2.75) is 12.8 Å². The van der Waals surface area contributed by atoms with E-state index in [1.165, 1.54) is 12.3 Å². The third-order valence-electron chi connectivity index (χ3n) is 3.85. The standard InChI is InChI=1S/C18H13FN2O/c19-17-10-12(5-7-20-17)9-13-6-8-21-18-15(13)11-14-3-1-2-4-16(14)22-18/h1-8,10H,9,11H2. The van der Waals surface area contributed by atoms with Crippen LogP contribution in [0.3, 0.4) is 0 Å². The van der Waals surface area contributed by atoms with E-state index in [0.717, 1.165) is 34.4 Å². The number of hydrogen-bond acceptors (Lipinski definition) is 3. The topological polar surface area (TPSA) is 35.0 Å². The van der Waals surface area contributed by atoms with Crippen LogP contribution >= 0.6 is 0 Å². The molecule has 0 saturated carbocycles. The van der Waals surface area contributed by atoms with Crippen LogP contribution in [0.4, 0.5) is 4.39 Å². The summed E-state index contributed by atoms with van der Waals surface area (Å²) in [6, 6.07) is 13.2. The molecule has 4 heteroatoms. The minimum absolute atomic E-state index is 0.456. The van der Waals surface area contributed by atoms with Crippen molar-refractivity contribution >= 4 is 0 Å². The van der Waals surface area contributed by atoms with Gasteiger partial charge in [-0.1, -0.05) is 18.2 Å². The molecule has 3 aromatic rings. The summed E-state index contributed by atoms with van der Waals surface area (Å²) in [5, 5.41) is 0. The lowest BCUT2D eigenvalue weighted by atomic mass is 9.95. The van der Waals surface area contributed by atoms with Crippen LogP contribution in [0.25, 0.3) is 0 Å². The van der Waals surface area contributed by atoms with Crippen molar-refractivity contribution in [2.24, 2.45) is 0 Å². The van der Waals surface area contributed by atoms with Crippen LogP contribution in [-0.4, -0.2) is 9.97 Å². The van der Waals surface area contributed by atoms with Crippen molar-refractivity contribution in [1.82, 2.24) is 9.97 Å². The maximum Gasteiger partial charge on any atom is 0.223 e. The highest BCUT2D eigenvalue weighted by Crippen LogP contribution is 2.36. The van der Waals surface area contributed by atoms with E-state index in [4.69, 9.17) is 4.74 Å². The van der Waals surface area contributed by atoms with Gasteiger partial charge in [-0.25, -0.2) is 9.97 Å². The molecule has 0 fully saturated rings. The van der Waals surface area contributed by atoms with Gasteiger partial charge in [0.25, 0.3) is 0 Å². The molecule has 3 nitrogen and oxygen atoms in total. The number of benzene rings is 1. The Bertz CT molecular complexity index is 848. The van der Waals surface area contributed by atoms with Crippen molar-refractivity contribution in [3.63, 3.8) is 0 Å². The van der Waals surface area contributed by atoms with Crippen LogP contribution in [-0.2, 0) is 12.8 Å². The normalized spacial score (nSPS) is 12.2. The summed E-state index contributed by atoms with van der Waals surface area (Å²) >= 11 is 0. The predicted molar refractivity (Wildman–Crippen MR) is 80.6 cm³/mol. The summed E-state index contributed by atoms with van der Waals surface area (Å²) in [4.78, 5) is 7.92. The molecule has 0 radical (unpaired) electrons. The van der Waals surface area contributed by atoms with Crippen LogP contribution < -0.4 is 4.74 Å². The van der Waals surface area contributed by atoms with E-state index < -0.39 is 5.95 Å². The average Bonchev–Trinajstić information content (AvgIpc) is 2.53. The summed E-state index contributed by atoms with van der Waals surface area (Å²) in [5.74, 6) is 1.04. The van der Waals surface area contributed by atoms with Gasteiger partial charge in [-0.15, -0.1) is 0 Å². The number of rotatable bonds is 2. The molecule has 4 rings (SSSR count). The summed E-state index contributed by atoms with van der Waals surface area (Å²) in [6.45, 7) is 0. The fourth-order valence-electron chi connectivity index (χ4n) is 2.77. The highest BCUT2D eigenvalue weighted by atomic mass is 19.1. The highest BCUT2D eigenvalue weighted by molar-refractivity contribution is 5.50.